The van der Waals surface area contributed by atoms with Crippen LogP contribution in [0.2, 0.25) is 0 Å². The number of carbonyl (C=O) groups is 1. The van der Waals surface area contributed by atoms with Crippen LogP contribution in [-0.4, -0.2) is 25.5 Å². The minimum Gasteiger partial charge on any atom is -0.321 e. The second kappa shape index (κ2) is 6.45. The first-order valence-electron chi connectivity index (χ1n) is 7.80. The Balaban J connectivity index is 1.47. The van der Waals surface area contributed by atoms with E-state index >= 15 is 0 Å². The van der Waals surface area contributed by atoms with Crippen molar-refractivity contribution < 1.29 is 4.79 Å². The van der Waals surface area contributed by atoms with E-state index in [-0.39, 0.29) is 5.91 Å². The number of hydrogen-bond donors (Lipinski definition) is 1. The minimum atomic E-state index is -0.194. The zero-order chi connectivity index (χ0) is 17.2. The average molecular weight is 349 g/mol. The summed E-state index contributed by atoms with van der Waals surface area (Å²) in [6, 6.07) is 13.5. The lowest BCUT2D eigenvalue weighted by atomic mass is 10.1. The highest BCUT2D eigenvalue weighted by molar-refractivity contribution is 7.09. The van der Waals surface area contributed by atoms with Crippen molar-refractivity contribution in [2.24, 2.45) is 0 Å². The van der Waals surface area contributed by atoms with Crippen LogP contribution in [0.1, 0.15) is 26.9 Å². The van der Waals surface area contributed by atoms with Crippen molar-refractivity contribution in [3.05, 3.63) is 76.1 Å². The smallest absolute Gasteiger partial charge is 0.275 e. The summed E-state index contributed by atoms with van der Waals surface area (Å²) in [6.45, 7) is 1.88. The largest absolute Gasteiger partial charge is 0.321 e. The highest BCUT2D eigenvalue weighted by Crippen LogP contribution is 2.15. The molecule has 0 saturated carbocycles. The number of anilines is 1. The van der Waals surface area contributed by atoms with E-state index in [1.165, 1.54) is 11.3 Å². The van der Waals surface area contributed by atoms with Gasteiger partial charge in [0.1, 0.15) is 11.5 Å². The molecule has 0 aliphatic carbocycles. The van der Waals surface area contributed by atoms with Gasteiger partial charge in [0.05, 0.1) is 5.01 Å². The fourth-order valence-corrected chi connectivity index (χ4v) is 3.16. The van der Waals surface area contributed by atoms with Crippen molar-refractivity contribution >= 4 is 28.6 Å². The molecule has 0 atom stereocenters. The van der Waals surface area contributed by atoms with Crippen molar-refractivity contribution in [2.75, 3.05) is 5.32 Å². The summed E-state index contributed by atoms with van der Waals surface area (Å²) in [5.74, 6) is 0.686. The molecular formula is C18H15N5OS. The molecule has 1 amide bonds. The van der Waals surface area contributed by atoms with Gasteiger partial charge in [-0.1, -0.05) is 18.2 Å². The van der Waals surface area contributed by atoms with E-state index in [1.807, 2.05) is 60.0 Å². The summed E-state index contributed by atoms with van der Waals surface area (Å²) in [5, 5.41) is 13.9. The highest BCUT2D eigenvalue weighted by Gasteiger charge is 2.10. The van der Waals surface area contributed by atoms with Gasteiger partial charge in [0.2, 0.25) is 0 Å². The number of nitrogens with zero attached hydrogens (tertiary/aromatic N) is 4. The topological polar surface area (TPSA) is 72.2 Å². The molecule has 0 radical (unpaired) electrons. The van der Waals surface area contributed by atoms with Gasteiger partial charge in [-0.15, -0.1) is 21.5 Å². The number of fused-ring (bicyclic) bond motifs is 1. The van der Waals surface area contributed by atoms with Gasteiger partial charge < -0.3 is 5.32 Å². The summed E-state index contributed by atoms with van der Waals surface area (Å²) in [6.07, 6.45) is 2.62. The lowest BCUT2D eigenvalue weighted by Crippen LogP contribution is -2.12. The average Bonchev–Trinajstić information content (AvgIpc) is 3.24. The predicted octanol–water partition coefficient (Wildman–Crippen LogP) is 3.34. The molecule has 7 heteroatoms. The van der Waals surface area contributed by atoms with E-state index < -0.39 is 0 Å². The van der Waals surface area contributed by atoms with Gasteiger partial charge >= 0.3 is 0 Å². The SMILES string of the molecule is Cc1nc(C(=O)Nc2ccc(Cc3nnc4ccccn34)cc2)cs1. The Morgan fingerprint density at radius 1 is 1.16 bits per heavy atom. The molecule has 6 nitrogen and oxygen atoms in total. The molecule has 4 rings (SSSR count). The Labute approximate surface area is 148 Å². The maximum Gasteiger partial charge on any atom is 0.275 e. The number of carbonyl (C=O) groups excluding carboxylic acids is 1. The number of aromatic nitrogens is 4. The van der Waals surface area contributed by atoms with Crippen LogP contribution in [0.25, 0.3) is 5.65 Å². The minimum absolute atomic E-state index is 0.194. The molecule has 3 aromatic heterocycles. The lowest BCUT2D eigenvalue weighted by Gasteiger charge is -2.05. The van der Waals surface area contributed by atoms with Crippen molar-refractivity contribution in [1.29, 1.82) is 0 Å². The second-order valence-electron chi connectivity index (χ2n) is 5.62. The first kappa shape index (κ1) is 15.5. The van der Waals surface area contributed by atoms with Crippen LogP contribution in [0.3, 0.4) is 0 Å². The van der Waals surface area contributed by atoms with Crippen molar-refractivity contribution in [1.82, 2.24) is 19.6 Å². The molecule has 1 aromatic carbocycles. The maximum absolute atomic E-state index is 12.1. The molecule has 0 bridgehead atoms. The van der Waals surface area contributed by atoms with Gasteiger partial charge in [-0.2, -0.15) is 0 Å². The summed E-state index contributed by atoms with van der Waals surface area (Å²) in [4.78, 5) is 16.3. The van der Waals surface area contributed by atoms with Gasteiger partial charge in [0, 0.05) is 23.7 Å². The van der Waals surface area contributed by atoms with Crippen molar-refractivity contribution in [3.63, 3.8) is 0 Å². The second-order valence-corrected chi connectivity index (χ2v) is 6.69. The zero-order valence-electron chi connectivity index (χ0n) is 13.5. The van der Waals surface area contributed by atoms with E-state index in [1.54, 1.807) is 5.38 Å². The number of thiazole rings is 1. The number of aryl methyl sites for hydroxylation is 1. The Hall–Kier alpha value is -3.06. The Bertz CT molecular complexity index is 1040. The summed E-state index contributed by atoms with van der Waals surface area (Å²) < 4.78 is 1.97. The van der Waals surface area contributed by atoms with Crippen LogP contribution in [0, 0.1) is 6.92 Å². The van der Waals surface area contributed by atoms with E-state index in [4.69, 9.17) is 0 Å². The van der Waals surface area contributed by atoms with Crippen molar-refractivity contribution in [2.45, 2.75) is 13.3 Å². The molecule has 3 heterocycles. The third-order valence-electron chi connectivity index (χ3n) is 3.81. The predicted molar refractivity (Wildman–Crippen MR) is 97.0 cm³/mol. The molecule has 124 valence electrons. The Kier molecular flexibility index (Phi) is 3.99. The Morgan fingerprint density at radius 3 is 2.76 bits per heavy atom. The van der Waals surface area contributed by atoms with E-state index in [2.05, 4.69) is 20.5 Å². The fraction of sp³-hybridized carbons (Fsp3) is 0.111. The van der Waals surface area contributed by atoms with Crippen LogP contribution < -0.4 is 5.32 Å². The van der Waals surface area contributed by atoms with Crippen LogP contribution in [0.4, 0.5) is 5.69 Å². The lowest BCUT2D eigenvalue weighted by molar-refractivity contribution is 0.102. The monoisotopic (exact) mass is 349 g/mol. The van der Waals surface area contributed by atoms with Crippen LogP contribution in [-0.2, 0) is 6.42 Å². The molecule has 4 aromatic rings. The normalized spacial score (nSPS) is 10.9. The first-order valence-corrected chi connectivity index (χ1v) is 8.68. The molecule has 0 spiro atoms. The number of amides is 1. The molecular weight excluding hydrogens is 334 g/mol. The quantitative estimate of drug-likeness (QED) is 0.613. The molecule has 25 heavy (non-hydrogen) atoms. The van der Waals surface area contributed by atoms with Crippen molar-refractivity contribution in [3.8, 4) is 0 Å². The standard InChI is InChI=1S/C18H15N5OS/c1-12-19-15(11-25-12)18(24)20-14-7-5-13(6-8-14)10-17-22-21-16-4-2-3-9-23(16)17/h2-9,11H,10H2,1H3,(H,20,24). The number of pyridine rings is 1. The van der Waals surface area contributed by atoms with Gasteiger partial charge in [-0.3, -0.25) is 9.20 Å². The number of hydrogen-bond acceptors (Lipinski definition) is 5. The highest BCUT2D eigenvalue weighted by atomic mass is 32.1. The molecule has 0 saturated heterocycles. The molecule has 0 fully saturated rings. The zero-order valence-corrected chi connectivity index (χ0v) is 14.3. The summed E-state index contributed by atoms with van der Waals surface area (Å²) in [7, 11) is 0. The van der Waals surface area contributed by atoms with E-state index in [0.29, 0.717) is 12.1 Å². The molecule has 1 N–H and O–H groups in total. The first-order chi connectivity index (χ1) is 12.2. The van der Waals surface area contributed by atoms with E-state index in [0.717, 1.165) is 27.7 Å². The van der Waals surface area contributed by atoms with Gasteiger partial charge in [-0.25, -0.2) is 4.98 Å². The van der Waals surface area contributed by atoms with Crippen LogP contribution >= 0.6 is 11.3 Å². The maximum atomic E-state index is 12.1. The Morgan fingerprint density at radius 2 is 2.00 bits per heavy atom. The molecule has 0 unspecified atom stereocenters. The van der Waals surface area contributed by atoms with Gasteiger partial charge in [0.25, 0.3) is 5.91 Å². The number of nitrogens with one attached hydrogen (secondary N) is 1. The molecule has 0 aliphatic heterocycles. The fourth-order valence-electron chi connectivity index (χ4n) is 2.56. The third-order valence-corrected chi connectivity index (χ3v) is 4.58. The van der Waals surface area contributed by atoms with E-state index in [9.17, 15) is 4.79 Å². The summed E-state index contributed by atoms with van der Waals surface area (Å²) >= 11 is 1.46. The third kappa shape index (κ3) is 3.27. The number of rotatable bonds is 4. The van der Waals surface area contributed by atoms with Crippen LogP contribution in [0.5, 0.6) is 0 Å². The van der Waals surface area contributed by atoms with Gasteiger partial charge in [0.15, 0.2) is 5.65 Å². The summed E-state index contributed by atoms with van der Waals surface area (Å²) in [5.41, 5.74) is 3.12. The van der Waals surface area contributed by atoms with Gasteiger partial charge in [-0.05, 0) is 36.8 Å². The number of benzene rings is 1. The molecule has 0 aliphatic rings. The van der Waals surface area contributed by atoms with Crippen LogP contribution in [0.15, 0.2) is 54.0 Å².